The summed E-state index contributed by atoms with van der Waals surface area (Å²) in [4.78, 5) is 1.68. The molecule has 0 atom stereocenters. The van der Waals surface area contributed by atoms with Crippen molar-refractivity contribution in [1.82, 2.24) is 0 Å². The molecule has 2 aromatic rings. The molecule has 0 aromatic heterocycles. The Balaban J connectivity index is 2.38. The fraction of sp³-hybridized carbons (Fsp3) is 0. The summed E-state index contributed by atoms with van der Waals surface area (Å²) in [6.45, 7) is 0. The third-order valence-corrected chi connectivity index (χ3v) is 4.43. The fourth-order valence-electron chi connectivity index (χ4n) is 1.30. The average Bonchev–Trinajstić information content (AvgIpc) is 2.26. The largest absolute Gasteiger partial charge is 0.398 e. The first-order chi connectivity index (χ1) is 8.08. The van der Waals surface area contributed by atoms with Gasteiger partial charge in [0.15, 0.2) is 0 Å². The molecule has 0 heterocycles. The van der Waals surface area contributed by atoms with E-state index in [9.17, 15) is 0 Å². The predicted octanol–water partition coefficient (Wildman–Crippen LogP) is 5.38. The number of hydrogen-bond donors (Lipinski definition) is 1. The average molecular weight is 305 g/mol. The van der Waals surface area contributed by atoms with Gasteiger partial charge >= 0.3 is 0 Å². The minimum absolute atomic E-state index is 0.585. The number of anilines is 1. The van der Waals surface area contributed by atoms with Crippen LogP contribution in [0.2, 0.25) is 15.1 Å². The van der Waals surface area contributed by atoms with E-state index in [0.717, 1.165) is 9.79 Å². The molecular weight excluding hydrogens is 297 g/mol. The molecule has 0 saturated heterocycles. The third kappa shape index (κ3) is 3.02. The van der Waals surface area contributed by atoms with Gasteiger partial charge in [-0.05, 0) is 30.3 Å². The van der Waals surface area contributed by atoms with Crippen molar-refractivity contribution in [3.63, 3.8) is 0 Å². The van der Waals surface area contributed by atoms with Gasteiger partial charge in [0.05, 0.1) is 14.9 Å². The molecule has 0 aliphatic rings. The van der Waals surface area contributed by atoms with Gasteiger partial charge in [-0.3, -0.25) is 0 Å². The van der Waals surface area contributed by atoms with Crippen molar-refractivity contribution in [3.8, 4) is 0 Å². The Labute approximate surface area is 119 Å². The molecule has 0 bridgehead atoms. The van der Waals surface area contributed by atoms with E-state index in [1.165, 1.54) is 11.8 Å². The lowest BCUT2D eigenvalue weighted by atomic mass is 10.3. The van der Waals surface area contributed by atoms with Crippen molar-refractivity contribution in [1.29, 1.82) is 0 Å². The van der Waals surface area contributed by atoms with Crippen LogP contribution in [-0.2, 0) is 0 Å². The molecule has 5 heteroatoms. The molecular formula is C12H8Cl3NS. The number of nitrogens with two attached hydrogens (primary N) is 1. The van der Waals surface area contributed by atoms with Crippen LogP contribution < -0.4 is 5.73 Å². The first-order valence-corrected chi connectivity index (χ1v) is 6.70. The van der Waals surface area contributed by atoms with E-state index in [2.05, 4.69) is 0 Å². The normalized spacial score (nSPS) is 10.5. The van der Waals surface area contributed by atoms with Crippen molar-refractivity contribution >= 4 is 52.3 Å². The Bertz CT molecular complexity index is 537. The number of halogens is 3. The maximum atomic E-state index is 6.09. The molecule has 0 saturated carbocycles. The molecule has 17 heavy (non-hydrogen) atoms. The quantitative estimate of drug-likeness (QED) is 0.754. The lowest BCUT2D eigenvalue weighted by Crippen LogP contribution is -1.88. The molecule has 88 valence electrons. The first kappa shape index (κ1) is 12.9. The molecule has 0 aliphatic carbocycles. The molecule has 2 rings (SSSR count). The molecule has 2 aromatic carbocycles. The minimum Gasteiger partial charge on any atom is -0.398 e. The molecule has 0 aliphatic heterocycles. The van der Waals surface area contributed by atoms with Crippen LogP contribution in [0.1, 0.15) is 0 Å². The van der Waals surface area contributed by atoms with Crippen LogP contribution in [0.4, 0.5) is 5.69 Å². The fourth-order valence-corrected chi connectivity index (χ4v) is 2.99. The first-order valence-electron chi connectivity index (χ1n) is 4.75. The highest BCUT2D eigenvalue weighted by Gasteiger charge is 2.09. The van der Waals surface area contributed by atoms with Crippen LogP contribution in [0.25, 0.3) is 0 Å². The Kier molecular flexibility index (Phi) is 4.10. The van der Waals surface area contributed by atoms with E-state index in [4.69, 9.17) is 40.5 Å². The number of hydrogen-bond acceptors (Lipinski definition) is 2. The SMILES string of the molecule is Nc1cccc(Cl)c1Sc1ccc(Cl)cc1Cl. The van der Waals surface area contributed by atoms with E-state index in [-0.39, 0.29) is 0 Å². The number of rotatable bonds is 2. The molecule has 0 amide bonds. The molecule has 1 nitrogen and oxygen atoms in total. The Morgan fingerprint density at radius 3 is 2.35 bits per heavy atom. The summed E-state index contributed by atoms with van der Waals surface area (Å²) in [5.74, 6) is 0. The topological polar surface area (TPSA) is 26.0 Å². The van der Waals surface area contributed by atoms with Gasteiger partial charge in [0, 0.05) is 15.6 Å². The molecule has 0 spiro atoms. The zero-order chi connectivity index (χ0) is 12.4. The zero-order valence-electron chi connectivity index (χ0n) is 8.58. The number of benzene rings is 2. The summed E-state index contributed by atoms with van der Waals surface area (Å²) in [7, 11) is 0. The summed E-state index contributed by atoms with van der Waals surface area (Å²) in [5.41, 5.74) is 6.51. The highest BCUT2D eigenvalue weighted by atomic mass is 35.5. The van der Waals surface area contributed by atoms with Crippen LogP contribution in [0.5, 0.6) is 0 Å². The Morgan fingerprint density at radius 2 is 1.71 bits per heavy atom. The second kappa shape index (κ2) is 5.40. The van der Waals surface area contributed by atoms with Crippen molar-refractivity contribution in [2.75, 3.05) is 5.73 Å². The van der Waals surface area contributed by atoms with Crippen LogP contribution >= 0.6 is 46.6 Å². The lowest BCUT2D eigenvalue weighted by Gasteiger charge is -2.08. The van der Waals surface area contributed by atoms with Gasteiger partial charge in [-0.1, -0.05) is 52.6 Å². The van der Waals surface area contributed by atoms with E-state index < -0.39 is 0 Å². The maximum absolute atomic E-state index is 6.09. The second-order valence-corrected chi connectivity index (χ2v) is 5.64. The van der Waals surface area contributed by atoms with E-state index in [0.29, 0.717) is 20.8 Å². The zero-order valence-corrected chi connectivity index (χ0v) is 11.7. The molecule has 2 N–H and O–H groups in total. The van der Waals surface area contributed by atoms with Gasteiger partial charge in [-0.15, -0.1) is 0 Å². The van der Waals surface area contributed by atoms with E-state index in [1.807, 2.05) is 12.1 Å². The lowest BCUT2D eigenvalue weighted by molar-refractivity contribution is 1.41. The Hall–Kier alpha value is -0.540. The van der Waals surface area contributed by atoms with Gasteiger partial charge < -0.3 is 5.73 Å². The van der Waals surface area contributed by atoms with Crippen LogP contribution in [0.3, 0.4) is 0 Å². The monoisotopic (exact) mass is 303 g/mol. The summed E-state index contributed by atoms with van der Waals surface area (Å²) >= 11 is 19.5. The highest BCUT2D eigenvalue weighted by Crippen LogP contribution is 2.40. The van der Waals surface area contributed by atoms with Crippen LogP contribution in [0, 0.1) is 0 Å². The van der Waals surface area contributed by atoms with Gasteiger partial charge in [-0.2, -0.15) is 0 Å². The number of nitrogen functional groups attached to an aromatic ring is 1. The Morgan fingerprint density at radius 1 is 0.941 bits per heavy atom. The van der Waals surface area contributed by atoms with E-state index >= 15 is 0 Å². The van der Waals surface area contributed by atoms with Gasteiger partial charge in [-0.25, -0.2) is 0 Å². The highest BCUT2D eigenvalue weighted by molar-refractivity contribution is 7.99. The van der Waals surface area contributed by atoms with Crippen molar-refractivity contribution in [2.24, 2.45) is 0 Å². The van der Waals surface area contributed by atoms with Gasteiger partial charge in [0.1, 0.15) is 0 Å². The van der Waals surface area contributed by atoms with Gasteiger partial charge in [0.2, 0.25) is 0 Å². The predicted molar refractivity (Wildman–Crippen MR) is 76.4 cm³/mol. The van der Waals surface area contributed by atoms with Crippen LogP contribution in [-0.4, -0.2) is 0 Å². The van der Waals surface area contributed by atoms with Crippen molar-refractivity contribution < 1.29 is 0 Å². The molecule has 0 fully saturated rings. The van der Waals surface area contributed by atoms with Crippen molar-refractivity contribution in [2.45, 2.75) is 9.79 Å². The van der Waals surface area contributed by atoms with Crippen molar-refractivity contribution in [3.05, 3.63) is 51.5 Å². The van der Waals surface area contributed by atoms with Crippen LogP contribution in [0.15, 0.2) is 46.2 Å². The summed E-state index contributed by atoms with van der Waals surface area (Å²) in [6.07, 6.45) is 0. The third-order valence-electron chi connectivity index (χ3n) is 2.10. The summed E-state index contributed by atoms with van der Waals surface area (Å²) < 4.78 is 0. The van der Waals surface area contributed by atoms with E-state index in [1.54, 1.807) is 24.3 Å². The smallest absolute Gasteiger partial charge is 0.0566 e. The summed E-state index contributed by atoms with van der Waals surface area (Å²) in [5, 5.41) is 1.80. The molecule has 0 unspecified atom stereocenters. The molecule has 0 radical (unpaired) electrons. The summed E-state index contributed by atoms with van der Waals surface area (Å²) in [6, 6.07) is 10.7. The maximum Gasteiger partial charge on any atom is 0.0566 e. The minimum atomic E-state index is 0.585. The standard InChI is InChI=1S/C12H8Cl3NS/c13-7-4-5-11(9(15)6-7)17-12-8(14)2-1-3-10(12)16/h1-6H,16H2. The second-order valence-electron chi connectivity index (χ2n) is 3.33. The van der Waals surface area contributed by atoms with Gasteiger partial charge in [0.25, 0.3) is 0 Å².